The van der Waals surface area contributed by atoms with Gasteiger partial charge in [-0.2, -0.15) is 0 Å². The summed E-state index contributed by atoms with van der Waals surface area (Å²) < 4.78 is 5.62. The summed E-state index contributed by atoms with van der Waals surface area (Å²) in [4.78, 5) is 23.0. The highest BCUT2D eigenvalue weighted by molar-refractivity contribution is 7.99. The van der Waals surface area contributed by atoms with Crippen LogP contribution >= 0.6 is 11.8 Å². The summed E-state index contributed by atoms with van der Waals surface area (Å²) in [6.07, 6.45) is 0.849. The fourth-order valence-corrected chi connectivity index (χ4v) is 2.65. The van der Waals surface area contributed by atoms with E-state index < -0.39 is 10.9 Å². The average Bonchev–Trinajstić information content (AvgIpc) is 2.86. The Morgan fingerprint density at radius 3 is 2.75 bits per heavy atom. The Morgan fingerprint density at radius 1 is 1.58 bits per heavy atom. The van der Waals surface area contributed by atoms with Crippen molar-refractivity contribution in [1.29, 1.82) is 0 Å². The van der Waals surface area contributed by atoms with Crippen LogP contribution in [0.15, 0.2) is 22.5 Å². The first-order chi connectivity index (χ1) is 11.2. The molecule has 0 aliphatic carbocycles. The second kappa shape index (κ2) is 9.18. The fourth-order valence-electron chi connectivity index (χ4n) is 1.89. The lowest BCUT2D eigenvalue weighted by atomic mass is 10.2. The van der Waals surface area contributed by atoms with Crippen LogP contribution in [0, 0.1) is 10.1 Å². The van der Waals surface area contributed by atoms with Crippen molar-refractivity contribution >= 4 is 17.7 Å². The number of thioether (sulfide) groups is 1. The highest BCUT2D eigenvalue weighted by Gasteiger charge is 2.18. The topological polar surface area (TPSA) is 121 Å². The van der Waals surface area contributed by atoms with Crippen molar-refractivity contribution in [2.75, 3.05) is 21.1 Å². The molecule has 0 bridgehead atoms. The second-order valence-corrected chi connectivity index (χ2v) is 6.60. The molecule has 0 radical (unpaired) electrons. The minimum absolute atomic E-state index is 0.140. The molecular weight excluding hydrogens is 336 g/mol. The van der Waals surface area contributed by atoms with Crippen molar-refractivity contribution in [3.63, 3.8) is 0 Å². The van der Waals surface area contributed by atoms with Crippen molar-refractivity contribution in [1.82, 2.24) is 15.5 Å². The summed E-state index contributed by atoms with van der Waals surface area (Å²) in [5, 5.41) is 25.2. The number of hydrogen-bond donors (Lipinski definition) is 3. The van der Waals surface area contributed by atoms with Gasteiger partial charge in [0.1, 0.15) is 17.1 Å². The number of carbonyl (C=O) groups is 1. The normalized spacial score (nSPS) is 13.0. The molecule has 1 aromatic rings. The summed E-state index contributed by atoms with van der Waals surface area (Å²) in [5.74, 6) is 0.667. The van der Waals surface area contributed by atoms with Crippen molar-refractivity contribution in [2.24, 2.45) is 0 Å². The number of nitrogens with one attached hydrogen (secondary N) is 2. The van der Waals surface area contributed by atoms with Crippen molar-refractivity contribution < 1.29 is 19.2 Å². The standard InChI is InChI=1S/C14H22N4O5S/c1-9(16-13(15-2)7-18(21)22)24-8-10-5-11(14(19)20)12(23-10)6-17(3)4/h5,7,9,15-16H,6,8H2,1-4H3,(H,19,20). The molecule has 1 aromatic heterocycles. The molecule has 3 N–H and O–H groups in total. The van der Waals surface area contributed by atoms with Gasteiger partial charge in [0.05, 0.1) is 22.6 Å². The number of nitro groups is 1. The van der Waals surface area contributed by atoms with Gasteiger partial charge in [-0.25, -0.2) is 4.79 Å². The molecule has 0 fully saturated rings. The van der Waals surface area contributed by atoms with Gasteiger partial charge in [0.15, 0.2) is 5.82 Å². The van der Waals surface area contributed by atoms with E-state index in [-0.39, 0.29) is 10.9 Å². The van der Waals surface area contributed by atoms with E-state index in [1.54, 1.807) is 7.05 Å². The van der Waals surface area contributed by atoms with E-state index in [1.165, 1.54) is 17.8 Å². The molecule has 0 amide bonds. The zero-order valence-electron chi connectivity index (χ0n) is 14.0. The van der Waals surface area contributed by atoms with Crippen molar-refractivity contribution in [2.45, 2.75) is 24.6 Å². The Hall–Kier alpha value is -2.20. The summed E-state index contributed by atoms with van der Waals surface area (Å²) in [6, 6.07) is 1.52. The SMILES string of the molecule is CNC(=C[N+](=O)[O-])NC(C)SCc1cc(C(=O)O)c(CN(C)C)o1. The van der Waals surface area contributed by atoms with Crippen LogP contribution in [0.5, 0.6) is 0 Å². The van der Waals surface area contributed by atoms with Crippen LogP contribution in [-0.2, 0) is 12.3 Å². The lowest BCUT2D eigenvalue weighted by Crippen LogP contribution is -2.30. The van der Waals surface area contributed by atoms with Crippen LogP contribution in [0.2, 0.25) is 0 Å². The van der Waals surface area contributed by atoms with Gasteiger partial charge in [-0.3, -0.25) is 10.1 Å². The lowest BCUT2D eigenvalue weighted by molar-refractivity contribution is -0.404. The molecule has 24 heavy (non-hydrogen) atoms. The summed E-state index contributed by atoms with van der Waals surface area (Å²) in [7, 11) is 5.24. The molecule has 0 aliphatic rings. The highest BCUT2D eigenvalue weighted by atomic mass is 32.2. The maximum absolute atomic E-state index is 11.3. The molecule has 0 saturated carbocycles. The summed E-state index contributed by atoms with van der Waals surface area (Å²) >= 11 is 1.44. The van der Waals surface area contributed by atoms with Gasteiger partial charge >= 0.3 is 5.97 Å². The van der Waals surface area contributed by atoms with Gasteiger partial charge in [-0.05, 0) is 27.1 Å². The van der Waals surface area contributed by atoms with Gasteiger partial charge < -0.3 is 25.1 Å². The molecule has 1 rings (SSSR count). The molecule has 0 saturated heterocycles. The number of rotatable bonds is 10. The first-order valence-corrected chi connectivity index (χ1v) is 8.18. The minimum Gasteiger partial charge on any atom is -0.478 e. The third-order valence-electron chi connectivity index (χ3n) is 2.89. The fraction of sp³-hybridized carbons (Fsp3) is 0.500. The van der Waals surface area contributed by atoms with Crippen LogP contribution < -0.4 is 10.6 Å². The molecule has 0 spiro atoms. The van der Waals surface area contributed by atoms with Gasteiger partial charge in [0.2, 0.25) is 0 Å². The maximum Gasteiger partial charge on any atom is 0.339 e. The van der Waals surface area contributed by atoms with Crippen molar-refractivity contribution in [3.05, 3.63) is 45.3 Å². The van der Waals surface area contributed by atoms with E-state index in [9.17, 15) is 20.0 Å². The smallest absolute Gasteiger partial charge is 0.339 e. The van der Waals surface area contributed by atoms with E-state index >= 15 is 0 Å². The summed E-state index contributed by atoms with van der Waals surface area (Å²) in [6.45, 7) is 2.24. The zero-order chi connectivity index (χ0) is 18.3. The van der Waals surface area contributed by atoms with E-state index in [0.717, 1.165) is 6.20 Å². The maximum atomic E-state index is 11.3. The molecule has 9 nitrogen and oxygen atoms in total. The predicted molar refractivity (Wildman–Crippen MR) is 91.1 cm³/mol. The van der Waals surface area contributed by atoms with Crippen LogP contribution in [0.3, 0.4) is 0 Å². The Morgan fingerprint density at radius 2 is 2.25 bits per heavy atom. The third kappa shape index (κ3) is 6.50. The Balaban J connectivity index is 2.69. The molecule has 1 atom stereocenters. The molecular formula is C14H22N4O5S. The molecule has 1 heterocycles. The predicted octanol–water partition coefficient (Wildman–Crippen LogP) is 1.50. The number of carboxylic acids is 1. The highest BCUT2D eigenvalue weighted by Crippen LogP contribution is 2.23. The van der Waals surface area contributed by atoms with Gasteiger partial charge in [-0.1, -0.05) is 0 Å². The second-order valence-electron chi connectivity index (χ2n) is 5.27. The van der Waals surface area contributed by atoms with E-state index in [2.05, 4.69) is 10.6 Å². The first-order valence-electron chi connectivity index (χ1n) is 7.13. The molecule has 10 heteroatoms. The van der Waals surface area contributed by atoms with Crippen LogP contribution in [-0.4, -0.2) is 47.4 Å². The average molecular weight is 358 g/mol. The van der Waals surface area contributed by atoms with E-state index in [4.69, 9.17) is 4.42 Å². The quantitative estimate of drug-likeness (QED) is 0.324. The number of furan rings is 1. The monoisotopic (exact) mass is 358 g/mol. The Bertz CT molecular complexity index is 614. The van der Waals surface area contributed by atoms with Crippen LogP contribution in [0.4, 0.5) is 0 Å². The van der Waals surface area contributed by atoms with Crippen LogP contribution in [0.1, 0.15) is 28.8 Å². The molecule has 0 aliphatic heterocycles. The van der Waals surface area contributed by atoms with Gasteiger partial charge in [0, 0.05) is 7.05 Å². The Kier molecular flexibility index (Phi) is 7.59. The first kappa shape index (κ1) is 19.8. The Labute approximate surface area is 144 Å². The van der Waals surface area contributed by atoms with Gasteiger partial charge in [-0.15, -0.1) is 11.8 Å². The van der Waals surface area contributed by atoms with Crippen LogP contribution in [0.25, 0.3) is 0 Å². The summed E-state index contributed by atoms with van der Waals surface area (Å²) in [5.41, 5.74) is 0.157. The molecule has 1 unspecified atom stereocenters. The van der Waals surface area contributed by atoms with Gasteiger partial charge in [0.25, 0.3) is 6.20 Å². The third-order valence-corrected chi connectivity index (χ3v) is 3.96. The number of aromatic carboxylic acids is 1. The minimum atomic E-state index is -1.02. The number of carboxylic acid groups (broad SMARTS) is 1. The molecule has 134 valence electrons. The largest absolute Gasteiger partial charge is 0.478 e. The lowest BCUT2D eigenvalue weighted by Gasteiger charge is -2.15. The van der Waals surface area contributed by atoms with E-state index in [0.29, 0.717) is 29.6 Å². The molecule has 0 aromatic carbocycles. The zero-order valence-corrected chi connectivity index (χ0v) is 14.8. The van der Waals surface area contributed by atoms with Crippen molar-refractivity contribution in [3.8, 4) is 0 Å². The number of hydrogen-bond acceptors (Lipinski definition) is 8. The number of nitrogens with zero attached hydrogens (tertiary/aromatic N) is 2. The van der Waals surface area contributed by atoms with E-state index in [1.807, 2.05) is 25.9 Å².